The number of nitrogens with one attached hydrogen (secondary N) is 1. The maximum atomic E-state index is 5.78. The van der Waals surface area contributed by atoms with E-state index in [4.69, 9.17) is 14.5 Å². The maximum absolute atomic E-state index is 5.78. The first-order valence-electron chi connectivity index (χ1n) is 13.3. The van der Waals surface area contributed by atoms with Crippen LogP contribution in [0.3, 0.4) is 0 Å². The maximum Gasteiger partial charge on any atom is 0.165 e. The summed E-state index contributed by atoms with van der Waals surface area (Å²) in [6.45, 7) is 3.13. The highest BCUT2D eigenvalue weighted by atomic mass is 16.5. The Kier molecular flexibility index (Phi) is 8.64. The third-order valence-corrected chi connectivity index (χ3v) is 7.23. The Morgan fingerprint density at radius 2 is 1.66 bits per heavy atom. The molecule has 1 N–H and O–H groups in total. The van der Waals surface area contributed by atoms with Gasteiger partial charge in [-0.05, 0) is 60.2 Å². The summed E-state index contributed by atoms with van der Waals surface area (Å²) in [5.74, 6) is 1.56. The fourth-order valence-corrected chi connectivity index (χ4v) is 5.35. The molecule has 0 fully saturated rings. The van der Waals surface area contributed by atoms with Crippen molar-refractivity contribution < 1.29 is 9.47 Å². The number of hydrogen-bond donors (Lipinski definition) is 1. The van der Waals surface area contributed by atoms with E-state index >= 15 is 0 Å². The number of benzene rings is 2. The molecule has 2 aromatic heterocycles. The van der Waals surface area contributed by atoms with Crippen molar-refractivity contribution in [2.45, 2.75) is 51.5 Å². The van der Waals surface area contributed by atoms with E-state index in [1.165, 1.54) is 22.4 Å². The number of nitrogens with zero attached hydrogens (tertiary/aromatic N) is 3. The van der Waals surface area contributed by atoms with Crippen molar-refractivity contribution in [2.75, 3.05) is 14.2 Å². The number of pyridine rings is 2. The number of rotatable bonds is 11. The molecule has 196 valence electrons. The quantitative estimate of drug-likeness (QED) is 0.274. The topological polar surface area (TPSA) is 59.5 Å². The van der Waals surface area contributed by atoms with E-state index in [-0.39, 0.29) is 6.04 Å². The van der Waals surface area contributed by atoms with Gasteiger partial charge in [-0.2, -0.15) is 0 Å². The molecule has 1 aliphatic rings. The van der Waals surface area contributed by atoms with Crippen LogP contribution in [-0.4, -0.2) is 29.1 Å². The van der Waals surface area contributed by atoms with Crippen LogP contribution in [0, 0.1) is 0 Å². The third-order valence-electron chi connectivity index (χ3n) is 7.23. The molecule has 0 amide bonds. The highest BCUT2D eigenvalue weighted by molar-refractivity contribution is 5.46. The molecule has 0 aliphatic heterocycles. The molecular formula is C32H36N4O2. The van der Waals surface area contributed by atoms with Crippen LogP contribution in [0.25, 0.3) is 0 Å². The van der Waals surface area contributed by atoms with Crippen molar-refractivity contribution in [1.82, 2.24) is 20.2 Å². The Morgan fingerprint density at radius 1 is 0.816 bits per heavy atom. The van der Waals surface area contributed by atoms with Crippen molar-refractivity contribution >= 4 is 0 Å². The minimum atomic E-state index is 0.246. The summed E-state index contributed by atoms with van der Waals surface area (Å²) < 4.78 is 11.4. The zero-order valence-electron chi connectivity index (χ0n) is 22.3. The van der Waals surface area contributed by atoms with Gasteiger partial charge in [0.1, 0.15) is 0 Å². The first-order valence-corrected chi connectivity index (χ1v) is 13.3. The molecule has 0 radical (unpaired) electrons. The van der Waals surface area contributed by atoms with Crippen molar-refractivity contribution in [3.8, 4) is 11.5 Å². The second kappa shape index (κ2) is 12.7. The molecule has 38 heavy (non-hydrogen) atoms. The zero-order valence-corrected chi connectivity index (χ0v) is 22.3. The van der Waals surface area contributed by atoms with Gasteiger partial charge in [0, 0.05) is 44.1 Å². The first-order chi connectivity index (χ1) is 18.7. The number of aryl methyl sites for hydroxylation is 1. The Bertz CT molecular complexity index is 1310. The van der Waals surface area contributed by atoms with Gasteiger partial charge in [-0.3, -0.25) is 14.9 Å². The molecule has 5 rings (SSSR count). The van der Waals surface area contributed by atoms with Crippen molar-refractivity contribution in [1.29, 1.82) is 0 Å². The summed E-state index contributed by atoms with van der Waals surface area (Å²) in [6.07, 6.45) is 7.10. The van der Waals surface area contributed by atoms with Gasteiger partial charge in [0.15, 0.2) is 11.5 Å². The van der Waals surface area contributed by atoms with Crippen LogP contribution in [0.1, 0.15) is 52.5 Å². The van der Waals surface area contributed by atoms with Gasteiger partial charge in [-0.15, -0.1) is 0 Å². The van der Waals surface area contributed by atoms with Crippen molar-refractivity contribution in [3.05, 3.63) is 119 Å². The molecule has 4 aromatic rings. The van der Waals surface area contributed by atoms with Crippen LogP contribution in [-0.2, 0) is 32.6 Å². The smallest absolute Gasteiger partial charge is 0.165 e. The number of ether oxygens (including phenoxy) is 2. The van der Waals surface area contributed by atoms with Crippen LogP contribution < -0.4 is 14.8 Å². The predicted molar refractivity (Wildman–Crippen MR) is 150 cm³/mol. The fourth-order valence-electron chi connectivity index (χ4n) is 5.35. The van der Waals surface area contributed by atoms with Crippen LogP contribution in [0.15, 0.2) is 85.2 Å². The van der Waals surface area contributed by atoms with Gasteiger partial charge in [0.2, 0.25) is 0 Å². The predicted octanol–water partition coefficient (Wildman–Crippen LogP) is 5.86. The summed E-state index contributed by atoms with van der Waals surface area (Å²) in [5.41, 5.74) is 7.27. The highest BCUT2D eigenvalue weighted by Gasteiger charge is 2.28. The monoisotopic (exact) mass is 508 g/mol. The van der Waals surface area contributed by atoms with E-state index in [1.807, 2.05) is 42.7 Å². The molecule has 2 aromatic carbocycles. The number of methoxy groups -OCH3 is 2. The standard InChI is InChI=1S/C32H36N4O2/c1-37-30-13-6-9-27(32(30)38-2)23-36(29-12-5-8-26-10-7-19-35-31(26)29)22-25-16-14-24(15-17-25)20-33-21-28-11-3-4-18-34-28/h3-4,6-7,9-11,13-19,29,33H,5,8,12,20-23H2,1-2H3. The van der Waals surface area contributed by atoms with E-state index in [1.54, 1.807) is 14.2 Å². The van der Waals surface area contributed by atoms with E-state index in [0.717, 1.165) is 68.2 Å². The molecule has 6 nitrogen and oxygen atoms in total. The number of fused-ring (bicyclic) bond motifs is 1. The minimum absolute atomic E-state index is 0.246. The molecule has 1 aliphatic carbocycles. The van der Waals surface area contributed by atoms with Crippen LogP contribution in [0.2, 0.25) is 0 Å². The molecule has 0 saturated heterocycles. The van der Waals surface area contributed by atoms with Crippen molar-refractivity contribution in [3.63, 3.8) is 0 Å². The van der Waals surface area contributed by atoms with E-state index in [0.29, 0.717) is 0 Å². The summed E-state index contributed by atoms with van der Waals surface area (Å²) >= 11 is 0. The summed E-state index contributed by atoms with van der Waals surface area (Å²) in [5, 5.41) is 3.49. The van der Waals surface area contributed by atoms with Gasteiger partial charge in [0.25, 0.3) is 0 Å². The molecular weight excluding hydrogens is 472 g/mol. The Labute approximate surface area is 225 Å². The molecule has 0 saturated carbocycles. The third kappa shape index (κ3) is 6.21. The summed E-state index contributed by atoms with van der Waals surface area (Å²) in [7, 11) is 3.40. The highest BCUT2D eigenvalue weighted by Crippen LogP contribution is 2.37. The average molecular weight is 509 g/mol. The Hall–Kier alpha value is -3.74. The lowest BCUT2D eigenvalue weighted by molar-refractivity contribution is 0.155. The second-order valence-corrected chi connectivity index (χ2v) is 9.75. The molecule has 1 unspecified atom stereocenters. The van der Waals surface area contributed by atoms with Gasteiger partial charge < -0.3 is 14.8 Å². The minimum Gasteiger partial charge on any atom is -0.493 e. The van der Waals surface area contributed by atoms with Gasteiger partial charge in [-0.25, -0.2) is 0 Å². The molecule has 6 heteroatoms. The molecule has 1 atom stereocenters. The molecule has 0 bridgehead atoms. The number of para-hydroxylation sites is 1. The Morgan fingerprint density at radius 3 is 2.45 bits per heavy atom. The van der Waals surface area contributed by atoms with Crippen LogP contribution in [0.5, 0.6) is 11.5 Å². The second-order valence-electron chi connectivity index (χ2n) is 9.75. The zero-order chi connectivity index (χ0) is 26.2. The molecule has 0 spiro atoms. The van der Waals surface area contributed by atoms with Crippen LogP contribution >= 0.6 is 0 Å². The summed E-state index contributed by atoms with van der Waals surface area (Å²) in [4.78, 5) is 11.8. The van der Waals surface area contributed by atoms with E-state index in [2.05, 4.69) is 57.7 Å². The lowest BCUT2D eigenvalue weighted by atomic mass is 9.90. The average Bonchev–Trinajstić information content (AvgIpc) is 2.97. The lowest BCUT2D eigenvalue weighted by Crippen LogP contribution is -2.31. The van der Waals surface area contributed by atoms with E-state index in [9.17, 15) is 0 Å². The normalized spacial score (nSPS) is 14.8. The largest absolute Gasteiger partial charge is 0.493 e. The lowest BCUT2D eigenvalue weighted by Gasteiger charge is -2.35. The number of aromatic nitrogens is 2. The van der Waals surface area contributed by atoms with Gasteiger partial charge in [-0.1, -0.05) is 48.5 Å². The fraction of sp³-hybridized carbons (Fsp3) is 0.312. The van der Waals surface area contributed by atoms with Gasteiger partial charge in [0.05, 0.1) is 31.6 Å². The first kappa shape index (κ1) is 25.9. The number of hydrogen-bond acceptors (Lipinski definition) is 6. The Balaban J connectivity index is 1.35. The van der Waals surface area contributed by atoms with E-state index < -0.39 is 0 Å². The van der Waals surface area contributed by atoms with Crippen molar-refractivity contribution in [2.24, 2.45) is 0 Å². The molecule has 2 heterocycles. The van der Waals surface area contributed by atoms with Gasteiger partial charge >= 0.3 is 0 Å². The summed E-state index contributed by atoms with van der Waals surface area (Å²) in [6, 6.07) is 25.6. The SMILES string of the molecule is COc1cccc(CN(Cc2ccc(CNCc3ccccn3)cc2)C2CCCc3cccnc32)c1OC. The van der Waals surface area contributed by atoms with Crippen LogP contribution in [0.4, 0.5) is 0 Å².